The van der Waals surface area contributed by atoms with Crippen molar-refractivity contribution in [1.82, 2.24) is 9.88 Å². The summed E-state index contributed by atoms with van der Waals surface area (Å²) in [6.07, 6.45) is 6.06. The van der Waals surface area contributed by atoms with E-state index in [2.05, 4.69) is 10.3 Å². The Morgan fingerprint density at radius 3 is 2.95 bits per heavy atom. The minimum absolute atomic E-state index is 0.0769. The first-order chi connectivity index (χ1) is 9.20. The summed E-state index contributed by atoms with van der Waals surface area (Å²) in [6.45, 7) is 0.867. The monoisotopic (exact) mass is 280 g/mol. The zero-order valence-electron chi connectivity index (χ0n) is 11.2. The Bertz CT molecular complexity index is 487. The number of aromatic nitrogens is 1. The Balaban J connectivity index is 1.84. The third kappa shape index (κ3) is 2.18. The van der Waals surface area contributed by atoms with E-state index in [9.17, 15) is 4.79 Å². The summed E-state index contributed by atoms with van der Waals surface area (Å²) in [5.41, 5.74) is 5.87. The molecule has 19 heavy (non-hydrogen) atoms. The van der Waals surface area contributed by atoms with E-state index in [4.69, 9.17) is 5.73 Å². The Morgan fingerprint density at radius 2 is 2.21 bits per heavy atom. The quantitative estimate of drug-likeness (QED) is 0.871. The van der Waals surface area contributed by atoms with Crippen LogP contribution in [0.2, 0.25) is 0 Å². The van der Waals surface area contributed by atoms with Gasteiger partial charge in [0.05, 0.1) is 0 Å². The van der Waals surface area contributed by atoms with Crippen molar-refractivity contribution < 1.29 is 4.79 Å². The molecule has 0 radical (unpaired) electrons. The first-order valence-corrected chi connectivity index (χ1v) is 7.77. The number of carbonyl (C=O) groups is 1. The average molecular weight is 280 g/mol. The molecular formula is C13H20N4OS. The molecule has 1 aliphatic heterocycles. The molecule has 2 unspecified atom stereocenters. The van der Waals surface area contributed by atoms with Crippen LogP contribution in [0.4, 0.5) is 10.9 Å². The van der Waals surface area contributed by atoms with E-state index in [0.29, 0.717) is 27.8 Å². The van der Waals surface area contributed by atoms with Gasteiger partial charge in [-0.3, -0.25) is 4.79 Å². The molecule has 1 aromatic rings. The van der Waals surface area contributed by atoms with E-state index < -0.39 is 0 Å². The molecule has 3 N–H and O–H groups in total. The summed E-state index contributed by atoms with van der Waals surface area (Å²) in [6, 6.07) is 0.431. The third-order valence-electron chi connectivity index (χ3n) is 4.32. The second-order valence-corrected chi connectivity index (χ2v) is 6.38. The summed E-state index contributed by atoms with van der Waals surface area (Å²) >= 11 is 1.36. The van der Waals surface area contributed by atoms with Crippen molar-refractivity contribution >= 4 is 28.2 Å². The van der Waals surface area contributed by atoms with Gasteiger partial charge in [0, 0.05) is 19.6 Å². The fraction of sp³-hybridized carbons (Fsp3) is 0.692. The number of nitrogens with zero attached hydrogens (tertiary/aromatic N) is 2. The molecule has 104 valence electrons. The van der Waals surface area contributed by atoms with Crippen molar-refractivity contribution in [3.8, 4) is 0 Å². The van der Waals surface area contributed by atoms with Crippen LogP contribution >= 0.6 is 11.3 Å². The number of anilines is 2. The third-order valence-corrected chi connectivity index (χ3v) is 5.39. The summed E-state index contributed by atoms with van der Waals surface area (Å²) in [4.78, 5) is 19.5. The lowest BCUT2D eigenvalue weighted by Gasteiger charge is -2.37. The minimum Gasteiger partial charge on any atom is -0.382 e. The normalized spacial score (nSPS) is 26.3. The second kappa shape index (κ2) is 5.00. The lowest BCUT2D eigenvalue weighted by Crippen LogP contribution is -2.46. The predicted molar refractivity (Wildman–Crippen MR) is 77.5 cm³/mol. The summed E-state index contributed by atoms with van der Waals surface area (Å²) < 4.78 is 0. The van der Waals surface area contributed by atoms with Gasteiger partial charge in [-0.1, -0.05) is 17.8 Å². The SMILES string of the molecule is CNc1nc(N)c(C(=O)N2CCCC3CCCC32)s1. The van der Waals surface area contributed by atoms with Crippen LogP contribution in [0.15, 0.2) is 0 Å². The molecule has 0 bridgehead atoms. The van der Waals surface area contributed by atoms with E-state index in [1.807, 2.05) is 4.90 Å². The van der Waals surface area contributed by atoms with Gasteiger partial charge in [-0.05, 0) is 31.6 Å². The van der Waals surface area contributed by atoms with E-state index in [1.54, 1.807) is 7.05 Å². The molecule has 1 saturated heterocycles. The van der Waals surface area contributed by atoms with Crippen LogP contribution in [0.1, 0.15) is 41.8 Å². The van der Waals surface area contributed by atoms with Crippen molar-refractivity contribution in [3.05, 3.63) is 4.88 Å². The van der Waals surface area contributed by atoms with Crippen LogP contribution < -0.4 is 11.1 Å². The fourth-order valence-corrected chi connectivity index (χ4v) is 4.22. The highest BCUT2D eigenvalue weighted by atomic mass is 32.1. The van der Waals surface area contributed by atoms with Gasteiger partial charge in [-0.2, -0.15) is 0 Å². The van der Waals surface area contributed by atoms with E-state index in [-0.39, 0.29) is 5.91 Å². The number of hydrogen-bond acceptors (Lipinski definition) is 5. The molecule has 0 spiro atoms. The number of nitrogen functional groups attached to an aromatic ring is 1. The van der Waals surface area contributed by atoms with Crippen molar-refractivity contribution in [2.24, 2.45) is 5.92 Å². The smallest absolute Gasteiger partial charge is 0.268 e. The zero-order valence-corrected chi connectivity index (χ0v) is 12.0. The van der Waals surface area contributed by atoms with Gasteiger partial charge < -0.3 is 16.0 Å². The lowest BCUT2D eigenvalue weighted by molar-refractivity contribution is 0.0554. The van der Waals surface area contributed by atoms with Crippen molar-refractivity contribution in [2.45, 2.75) is 38.1 Å². The first-order valence-electron chi connectivity index (χ1n) is 6.95. The van der Waals surface area contributed by atoms with Crippen LogP contribution in [0, 0.1) is 5.92 Å². The molecule has 3 rings (SSSR count). The molecule has 6 heteroatoms. The van der Waals surface area contributed by atoms with Gasteiger partial charge in [-0.25, -0.2) is 4.98 Å². The van der Waals surface area contributed by atoms with Crippen LogP contribution in [0.5, 0.6) is 0 Å². The molecule has 2 atom stereocenters. The minimum atomic E-state index is 0.0769. The summed E-state index contributed by atoms with van der Waals surface area (Å²) in [7, 11) is 1.79. The molecule has 2 aliphatic rings. The largest absolute Gasteiger partial charge is 0.382 e. The molecule has 1 aliphatic carbocycles. The maximum atomic E-state index is 12.7. The highest BCUT2D eigenvalue weighted by Crippen LogP contribution is 2.38. The lowest BCUT2D eigenvalue weighted by atomic mass is 9.92. The molecule has 0 aromatic carbocycles. The number of likely N-dealkylation sites (tertiary alicyclic amines) is 1. The van der Waals surface area contributed by atoms with Gasteiger partial charge in [-0.15, -0.1) is 0 Å². The van der Waals surface area contributed by atoms with Crippen molar-refractivity contribution in [2.75, 3.05) is 24.6 Å². The highest BCUT2D eigenvalue weighted by molar-refractivity contribution is 7.18. The molecule has 1 amide bonds. The fourth-order valence-electron chi connectivity index (χ4n) is 3.43. The molecule has 2 fully saturated rings. The number of amides is 1. The van der Waals surface area contributed by atoms with Crippen molar-refractivity contribution in [3.63, 3.8) is 0 Å². The number of carbonyl (C=O) groups excluding carboxylic acids is 1. The van der Waals surface area contributed by atoms with Crippen LogP contribution in [-0.2, 0) is 0 Å². The number of thiazole rings is 1. The maximum Gasteiger partial charge on any atom is 0.268 e. The number of piperidine rings is 1. The van der Waals surface area contributed by atoms with Crippen LogP contribution in [-0.4, -0.2) is 35.4 Å². The van der Waals surface area contributed by atoms with Crippen molar-refractivity contribution in [1.29, 1.82) is 0 Å². The van der Waals surface area contributed by atoms with E-state index >= 15 is 0 Å². The molecular weight excluding hydrogens is 260 g/mol. The maximum absolute atomic E-state index is 12.7. The van der Waals surface area contributed by atoms with Gasteiger partial charge in [0.15, 0.2) is 5.13 Å². The Morgan fingerprint density at radius 1 is 1.42 bits per heavy atom. The number of rotatable bonds is 2. The molecule has 1 aromatic heterocycles. The number of nitrogens with one attached hydrogen (secondary N) is 1. The van der Waals surface area contributed by atoms with Gasteiger partial charge in [0.25, 0.3) is 5.91 Å². The van der Waals surface area contributed by atoms with Gasteiger partial charge >= 0.3 is 0 Å². The zero-order chi connectivity index (χ0) is 13.4. The Kier molecular flexibility index (Phi) is 3.35. The number of fused-ring (bicyclic) bond motifs is 1. The topological polar surface area (TPSA) is 71.2 Å². The highest BCUT2D eigenvalue weighted by Gasteiger charge is 2.38. The van der Waals surface area contributed by atoms with Crippen LogP contribution in [0.3, 0.4) is 0 Å². The first kappa shape index (κ1) is 12.7. The number of hydrogen-bond donors (Lipinski definition) is 2. The average Bonchev–Trinajstić information content (AvgIpc) is 3.03. The van der Waals surface area contributed by atoms with E-state index in [1.165, 1.54) is 30.6 Å². The second-order valence-electron chi connectivity index (χ2n) is 5.38. The van der Waals surface area contributed by atoms with Crippen LogP contribution in [0.25, 0.3) is 0 Å². The van der Waals surface area contributed by atoms with E-state index in [0.717, 1.165) is 19.4 Å². The molecule has 5 nitrogen and oxygen atoms in total. The summed E-state index contributed by atoms with van der Waals surface area (Å²) in [5, 5.41) is 3.66. The Hall–Kier alpha value is -1.30. The van der Waals surface area contributed by atoms with Gasteiger partial charge in [0.2, 0.25) is 0 Å². The van der Waals surface area contributed by atoms with Gasteiger partial charge in [0.1, 0.15) is 10.7 Å². The summed E-state index contributed by atoms with van der Waals surface area (Å²) in [5.74, 6) is 1.14. The molecule has 1 saturated carbocycles. The standard InChI is InChI=1S/C13H20N4OS/c1-15-13-16-11(14)10(19-13)12(18)17-7-3-5-8-4-2-6-9(8)17/h8-9H,2-7,14H2,1H3,(H,15,16). The number of nitrogens with two attached hydrogens (primary N) is 1. The molecule has 2 heterocycles. The Labute approximate surface area is 117 Å². The predicted octanol–water partition coefficient (Wildman–Crippen LogP) is 2.17.